The summed E-state index contributed by atoms with van der Waals surface area (Å²) in [6.45, 7) is 5.80. The third-order valence-corrected chi connectivity index (χ3v) is 7.08. The van der Waals surface area contributed by atoms with E-state index in [4.69, 9.17) is 11.6 Å². The lowest BCUT2D eigenvalue weighted by Gasteiger charge is -2.10. The first-order valence-corrected chi connectivity index (χ1v) is 11.4. The minimum Gasteiger partial charge on any atom is -0.351 e. The first-order chi connectivity index (χ1) is 13.3. The lowest BCUT2D eigenvalue weighted by atomic mass is 10.0. The fraction of sp³-hybridized carbons (Fsp3) is 0.429. The lowest BCUT2D eigenvalue weighted by Crippen LogP contribution is -2.26. The summed E-state index contributed by atoms with van der Waals surface area (Å²) in [4.78, 5) is 15.6. The van der Waals surface area contributed by atoms with Crippen molar-refractivity contribution in [1.82, 2.24) is 10.2 Å². The maximum atomic E-state index is 12.9. The van der Waals surface area contributed by atoms with Crippen LogP contribution in [0, 0.1) is 17.2 Å². The van der Waals surface area contributed by atoms with Crippen molar-refractivity contribution in [2.45, 2.75) is 24.5 Å². The molecule has 1 aromatic carbocycles. The Bertz CT molecular complexity index is 839. The van der Waals surface area contributed by atoms with E-state index in [0.717, 1.165) is 28.5 Å². The molecule has 0 bridgehead atoms. The van der Waals surface area contributed by atoms with Crippen molar-refractivity contribution in [3.8, 4) is 17.2 Å². The van der Waals surface area contributed by atoms with Gasteiger partial charge in [-0.25, -0.2) is 0 Å². The molecule has 0 aliphatic rings. The Hall–Kier alpha value is -1.52. The SMILES string of the molecule is CC(C)CSc1sc(C(=O)NCCCN(C)C)c(-c2ccc(Cl)cc2)c1C#N. The number of nitrogens with one attached hydrogen (secondary N) is 1. The molecular weight excluding hydrogens is 410 g/mol. The van der Waals surface area contributed by atoms with Crippen molar-refractivity contribution in [2.75, 3.05) is 32.9 Å². The molecule has 0 aliphatic carbocycles. The molecule has 7 heteroatoms. The summed E-state index contributed by atoms with van der Waals surface area (Å²) < 4.78 is 0.902. The van der Waals surface area contributed by atoms with Crippen molar-refractivity contribution >= 4 is 40.6 Å². The molecule has 0 atom stereocenters. The third kappa shape index (κ3) is 6.25. The van der Waals surface area contributed by atoms with Gasteiger partial charge in [0.25, 0.3) is 5.91 Å². The molecule has 0 spiro atoms. The molecule has 0 unspecified atom stereocenters. The molecule has 1 heterocycles. The van der Waals surface area contributed by atoms with E-state index in [-0.39, 0.29) is 5.91 Å². The van der Waals surface area contributed by atoms with Gasteiger partial charge in [-0.3, -0.25) is 4.79 Å². The van der Waals surface area contributed by atoms with Crippen LogP contribution >= 0.6 is 34.7 Å². The summed E-state index contributed by atoms with van der Waals surface area (Å²) in [6, 6.07) is 9.63. The van der Waals surface area contributed by atoms with E-state index in [0.29, 0.717) is 33.5 Å². The van der Waals surface area contributed by atoms with E-state index in [1.807, 2.05) is 26.2 Å². The number of thioether (sulfide) groups is 1. The number of halogens is 1. The van der Waals surface area contributed by atoms with Crippen LogP contribution in [0.3, 0.4) is 0 Å². The predicted octanol–water partition coefficient (Wildman–Crippen LogP) is 5.37. The highest BCUT2D eigenvalue weighted by Gasteiger charge is 2.24. The molecule has 28 heavy (non-hydrogen) atoms. The van der Waals surface area contributed by atoms with Crippen LogP contribution < -0.4 is 5.32 Å². The second-order valence-electron chi connectivity index (χ2n) is 7.20. The van der Waals surface area contributed by atoms with Gasteiger partial charge in [0.15, 0.2) is 0 Å². The molecule has 0 fully saturated rings. The molecule has 1 N–H and O–H groups in total. The summed E-state index contributed by atoms with van der Waals surface area (Å²) in [6.07, 6.45) is 0.875. The van der Waals surface area contributed by atoms with Crippen LogP contribution in [0.15, 0.2) is 28.5 Å². The van der Waals surface area contributed by atoms with E-state index in [1.165, 1.54) is 11.3 Å². The highest BCUT2D eigenvalue weighted by Crippen LogP contribution is 2.42. The Morgan fingerprint density at radius 2 is 2.00 bits per heavy atom. The van der Waals surface area contributed by atoms with Gasteiger partial charge in [-0.05, 0) is 50.7 Å². The number of amides is 1. The Morgan fingerprint density at radius 1 is 1.32 bits per heavy atom. The molecule has 4 nitrogen and oxygen atoms in total. The predicted molar refractivity (Wildman–Crippen MR) is 121 cm³/mol. The summed E-state index contributed by atoms with van der Waals surface area (Å²) in [5, 5.41) is 13.5. The van der Waals surface area contributed by atoms with Crippen molar-refractivity contribution < 1.29 is 4.79 Å². The number of hydrogen-bond acceptors (Lipinski definition) is 5. The van der Waals surface area contributed by atoms with E-state index < -0.39 is 0 Å². The largest absolute Gasteiger partial charge is 0.351 e. The van der Waals surface area contributed by atoms with Crippen LogP contribution in [0.2, 0.25) is 5.02 Å². The van der Waals surface area contributed by atoms with Gasteiger partial charge in [0.2, 0.25) is 0 Å². The zero-order valence-electron chi connectivity index (χ0n) is 16.7. The second-order valence-corrected chi connectivity index (χ2v) is 9.95. The molecule has 0 saturated carbocycles. The van der Waals surface area contributed by atoms with Crippen LogP contribution in [-0.2, 0) is 0 Å². The number of nitriles is 1. The fourth-order valence-corrected chi connectivity index (χ4v) is 5.10. The van der Waals surface area contributed by atoms with Crippen LogP contribution in [0.25, 0.3) is 11.1 Å². The Morgan fingerprint density at radius 3 is 2.57 bits per heavy atom. The van der Waals surface area contributed by atoms with Crippen molar-refractivity contribution in [1.29, 1.82) is 5.26 Å². The second kappa shape index (κ2) is 10.9. The first kappa shape index (κ1) is 22.8. The average molecular weight is 436 g/mol. The summed E-state index contributed by atoms with van der Waals surface area (Å²) in [5.41, 5.74) is 2.13. The minimum atomic E-state index is -0.124. The molecule has 1 amide bonds. The van der Waals surface area contributed by atoms with E-state index in [9.17, 15) is 10.1 Å². The van der Waals surface area contributed by atoms with E-state index in [2.05, 4.69) is 30.1 Å². The molecule has 1 aromatic heterocycles. The Kier molecular flexibility index (Phi) is 8.84. The van der Waals surface area contributed by atoms with Crippen molar-refractivity contribution in [2.24, 2.45) is 5.92 Å². The van der Waals surface area contributed by atoms with Crippen molar-refractivity contribution in [3.05, 3.63) is 39.7 Å². The van der Waals surface area contributed by atoms with Gasteiger partial charge in [0.05, 0.1) is 9.77 Å². The van der Waals surface area contributed by atoms with Crippen LogP contribution in [0.4, 0.5) is 0 Å². The molecule has 2 aromatic rings. The van der Waals surface area contributed by atoms with Crippen LogP contribution in [0.1, 0.15) is 35.5 Å². The smallest absolute Gasteiger partial charge is 0.262 e. The van der Waals surface area contributed by atoms with Crippen LogP contribution in [-0.4, -0.2) is 43.7 Å². The van der Waals surface area contributed by atoms with E-state index >= 15 is 0 Å². The highest BCUT2D eigenvalue weighted by molar-refractivity contribution is 8.01. The first-order valence-electron chi connectivity index (χ1n) is 9.22. The fourth-order valence-electron chi connectivity index (χ4n) is 2.59. The highest BCUT2D eigenvalue weighted by atomic mass is 35.5. The van der Waals surface area contributed by atoms with Crippen molar-refractivity contribution in [3.63, 3.8) is 0 Å². The number of benzene rings is 1. The van der Waals surface area contributed by atoms with Gasteiger partial charge < -0.3 is 10.2 Å². The minimum absolute atomic E-state index is 0.124. The molecule has 0 radical (unpaired) electrons. The summed E-state index contributed by atoms with van der Waals surface area (Å²) in [7, 11) is 4.02. The summed E-state index contributed by atoms with van der Waals surface area (Å²) in [5.74, 6) is 1.28. The molecule has 2 rings (SSSR count). The van der Waals surface area contributed by atoms with Crippen LogP contribution in [0.5, 0.6) is 0 Å². The maximum absolute atomic E-state index is 12.9. The average Bonchev–Trinajstić information content (AvgIpc) is 3.02. The van der Waals surface area contributed by atoms with Gasteiger partial charge in [-0.1, -0.05) is 37.6 Å². The lowest BCUT2D eigenvalue weighted by molar-refractivity contribution is 0.0957. The topological polar surface area (TPSA) is 56.1 Å². The molecule has 150 valence electrons. The standard InChI is InChI=1S/C21H26ClN3OS2/c1-14(2)13-27-21-17(12-23)18(15-6-8-16(22)9-7-15)19(28-21)20(26)24-10-5-11-25(3)4/h6-9,14H,5,10-11,13H2,1-4H3,(H,24,26). The monoisotopic (exact) mass is 435 g/mol. The molecule has 0 saturated heterocycles. The molecule has 0 aliphatic heterocycles. The number of carbonyl (C=O) groups is 1. The van der Waals surface area contributed by atoms with E-state index in [1.54, 1.807) is 23.9 Å². The number of hydrogen-bond donors (Lipinski definition) is 1. The summed E-state index contributed by atoms with van der Waals surface area (Å²) >= 11 is 9.08. The number of nitrogens with zero attached hydrogens (tertiary/aromatic N) is 2. The van der Waals surface area contributed by atoms with Gasteiger partial charge in [0.1, 0.15) is 10.9 Å². The normalized spacial score (nSPS) is 11.1. The van der Waals surface area contributed by atoms with Gasteiger partial charge in [-0.2, -0.15) is 5.26 Å². The van der Waals surface area contributed by atoms with Gasteiger partial charge in [-0.15, -0.1) is 23.1 Å². The maximum Gasteiger partial charge on any atom is 0.262 e. The zero-order chi connectivity index (χ0) is 20.7. The van der Waals surface area contributed by atoms with Gasteiger partial charge >= 0.3 is 0 Å². The Labute approximate surface area is 180 Å². The molecular formula is C21H26ClN3OS2. The van der Waals surface area contributed by atoms with Gasteiger partial charge in [0, 0.05) is 22.9 Å². The zero-order valence-corrected chi connectivity index (χ0v) is 19.1. The number of carbonyl (C=O) groups excluding carboxylic acids is 1. The number of rotatable bonds is 9. The quantitative estimate of drug-likeness (QED) is 0.425. The Balaban J connectivity index is 2.37. The third-order valence-electron chi connectivity index (χ3n) is 3.94. The number of thiophene rings is 1.